The van der Waals surface area contributed by atoms with Gasteiger partial charge in [0.15, 0.2) is 18.1 Å². The Hall–Kier alpha value is -3.11. The Balaban J connectivity index is 2.01. The summed E-state index contributed by atoms with van der Waals surface area (Å²) in [7, 11) is 1.45. The Morgan fingerprint density at radius 1 is 1.21 bits per heavy atom. The average Bonchev–Trinajstić information content (AvgIpc) is 2.80. The molecular formula is C23H26BrClN4O5. The molecule has 0 saturated heterocycles. The molecule has 2 aromatic rings. The highest BCUT2D eigenvalue weighted by molar-refractivity contribution is 9.10. The van der Waals surface area contributed by atoms with E-state index in [0.717, 1.165) is 5.56 Å². The Kier molecular flexibility index (Phi) is 10.3. The molecule has 34 heavy (non-hydrogen) atoms. The second-order valence-corrected chi connectivity index (χ2v) is 8.60. The number of anilines is 1. The highest BCUT2D eigenvalue weighted by Gasteiger charge is 2.16. The number of amides is 3. The van der Waals surface area contributed by atoms with E-state index >= 15 is 0 Å². The fourth-order valence-electron chi connectivity index (χ4n) is 2.61. The van der Waals surface area contributed by atoms with Crippen LogP contribution in [0, 0.1) is 6.92 Å². The van der Waals surface area contributed by atoms with Crippen molar-refractivity contribution in [2.75, 3.05) is 19.0 Å². The van der Waals surface area contributed by atoms with Gasteiger partial charge in [0.25, 0.3) is 5.91 Å². The van der Waals surface area contributed by atoms with E-state index in [9.17, 15) is 14.4 Å². The maximum atomic E-state index is 12.3. The first-order chi connectivity index (χ1) is 16.1. The van der Waals surface area contributed by atoms with Crippen molar-refractivity contribution < 1.29 is 23.9 Å². The van der Waals surface area contributed by atoms with E-state index in [4.69, 9.17) is 21.1 Å². The van der Waals surface area contributed by atoms with Gasteiger partial charge in [-0.1, -0.05) is 24.6 Å². The van der Waals surface area contributed by atoms with E-state index in [1.165, 1.54) is 13.3 Å². The number of nitrogens with zero attached hydrogens (tertiary/aromatic N) is 1. The molecule has 0 heterocycles. The zero-order valence-corrected chi connectivity index (χ0v) is 21.5. The third-order valence-corrected chi connectivity index (χ3v) is 5.47. The number of halogens is 2. The number of carbonyl (C=O) groups excluding carboxylic acids is 3. The normalized spacial score (nSPS) is 11.6. The summed E-state index contributed by atoms with van der Waals surface area (Å²) in [5.41, 5.74) is 4.19. The van der Waals surface area contributed by atoms with Crippen LogP contribution in [-0.4, -0.2) is 43.7 Å². The first-order valence-electron chi connectivity index (χ1n) is 10.3. The molecule has 0 unspecified atom stereocenters. The smallest absolute Gasteiger partial charge is 0.329 e. The Morgan fingerprint density at radius 2 is 1.94 bits per heavy atom. The minimum absolute atomic E-state index is 0.119. The van der Waals surface area contributed by atoms with Crippen LogP contribution >= 0.6 is 27.5 Å². The van der Waals surface area contributed by atoms with E-state index in [0.29, 0.717) is 38.7 Å². The maximum absolute atomic E-state index is 12.3. The second kappa shape index (κ2) is 13.0. The van der Waals surface area contributed by atoms with Gasteiger partial charge in [-0.25, -0.2) is 5.43 Å². The number of aryl methyl sites for hydroxylation is 1. The molecule has 1 atom stereocenters. The van der Waals surface area contributed by atoms with Gasteiger partial charge in [0.05, 0.1) is 17.8 Å². The number of hydrogen-bond donors (Lipinski definition) is 3. The van der Waals surface area contributed by atoms with Crippen molar-refractivity contribution in [1.29, 1.82) is 0 Å². The van der Waals surface area contributed by atoms with Crippen LogP contribution in [0.2, 0.25) is 5.02 Å². The number of hydrogen-bond acceptors (Lipinski definition) is 6. The predicted molar refractivity (Wildman–Crippen MR) is 135 cm³/mol. The summed E-state index contributed by atoms with van der Waals surface area (Å²) in [5, 5.41) is 9.61. The molecule has 0 aliphatic rings. The molecule has 2 aromatic carbocycles. The molecule has 0 aliphatic heterocycles. The second-order valence-electron chi connectivity index (χ2n) is 7.31. The summed E-state index contributed by atoms with van der Waals surface area (Å²) in [5.74, 6) is -1.36. The van der Waals surface area contributed by atoms with E-state index < -0.39 is 11.8 Å². The highest BCUT2D eigenvalue weighted by Crippen LogP contribution is 2.36. The monoisotopic (exact) mass is 552 g/mol. The lowest BCUT2D eigenvalue weighted by Crippen LogP contribution is -2.41. The molecule has 182 valence electrons. The molecular weight excluding hydrogens is 528 g/mol. The van der Waals surface area contributed by atoms with E-state index in [1.807, 2.05) is 13.8 Å². The van der Waals surface area contributed by atoms with Gasteiger partial charge in [-0.05, 0) is 71.6 Å². The van der Waals surface area contributed by atoms with Crippen LogP contribution in [0.5, 0.6) is 11.5 Å². The quantitative estimate of drug-likeness (QED) is 0.248. The SMILES string of the molecule is CC[C@H](C)NC(=O)C(=O)N/N=C\c1cc(Br)c(OCC(=O)Nc2cc(Cl)ccc2C)c(OC)c1. The summed E-state index contributed by atoms with van der Waals surface area (Å²) >= 11 is 9.37. The lowest BCUT2D eigenvalue weighted by molar-refractivity contribution is -0.139. The van der Waals surface area contributed by atoms with Gasteiger partial charge in [-0.2, -0.15) is 5.10 Å². The number of rotatable bonds is 9. The number of ether oxygens (including phenoxy) is 2. The molecule has 0 fully saturated rings. The van der Waals surface area contributed by atoms with E-state index in [-0.39, 0.29) is 18.6 Å². The van der Waals surface area contributed by atoms with Gasteiger partial charge < -0.3 is 20.1 Å². The maximum Gasteiger partial charge on any atom is 0.329 e. The minimum Gasteiger partial charge on any atom is -0.493 e. The third kappa shape index (κ3) is 8.03. The topological polar surface area (TPSA) is 118 Å². The lowest BCUT2D eigenvalue weighted by Gasteiger charge is -2.14. The van der Waals surface area contributed by atoms with Crippen LogP contribution in [0.15, 0.2) is 39.9 Å². The fourth-order valence-corrected chi connectivity index (χ4v) is 3.36. The van der Waals surface area contributed by atoms with Gasteiger partial charge in [0.1, 0.15) is 0 Å². The Bertz CT molecular complexity index is 1090. The summed E-state index contributed by atoms with van der Waals surface area (Å²) in [6, 6.07) is 8.35. The van der Waals surface area contributed by atoms with E-state index in [2.05, 4.69) is 37.1 Å². The predicted octanol–water partition coefficient (Wildman–Crippen LogP) is 3.80. The summed E-state index contributed by atoms with van der Waals surface area (Å²) in [6.45, 7) is 5.28. The van der Waals surface area contributed by atoms with Gasteiger partial charge >= 0.3 is 11.8 Å². The van der Waals surface area contributed by atoms with Crippen molar-refractivity contribution in [2.24, 2.45) is 5.10 Å². The van der Waals surface area contributed by atoms with Gasteiger partial charge in [0, 0.05) is 16.8 Å². The van der Waals surface area contributed by atoms with Crippen molar-refractivity contribution in [3.63, 3.8) is 0 Å². The fraction of sp³-hybridized carbons (Fsp3) is 0.304. The zero-order valence-electron chi connectivity index (χ0n) is 19.2. The van der Waals surface area contributed by atoms with Crippen molar-refractivity contribution in [3.8, 4) is 11.5 Å². The highest BCUT2D eigenvalue weighted by atomic mass is 79.9. The van der Waals surface area contributed by atoms with Crippen LogP contribution in [0.1, 0.15) is 31.4 Å². The van der Waals surface area contributed by atoms with Gasteiger partial charge in [-0.3, -0.25) is 14.4 Å². The van der Waals surface area contributed by atoms with Crippen LogP contribution in [-0.2, 0) is 14.4 Å². The number of nitrogens with one attached hydrogen (secondary N) is 3. The number of benzene rings is 2. The van der Waals surface area contributed by atoms with Gasteiger partial charge in [-0.15, -0.1) is 0 Å². The number of carbonyl (C=O) groups is 3. The zero-order chi connectivity index (χ0) is 25.3. The van der Waals surface area contributed by atoms with Crippen molar-refractivity contribution in [3.05, 3.63) is 51.0 Å². The largest absolute Gasteiger partial charge is 0.493 e. The molecule has 0 spiro atoms. The van der Waals surface area contributed by atoms with Crippen LogP contribution in [0.25, 0.3) is 0 Å². The average molecular weight is 554 g/mol. The van der Waals surface area contributed by atoms with Gasteiger partial charge in [0.2, 0.25) is 0 Å². The first-order valence-corrected chi connectivity index (χ1v) is 11.5. The molecule has 2 rings (SSSR count). The van der Waals surface area contributed by atoms with Crippen LogP contribution in [0.3, 0.4) is 0 Å². The minimum atomic E-state index is -0.872. The van der Waals surface area contributed by atoms with Crippen LogP contribution in [0.4, 0.5) is 5.69 Å². The summed E-state index contributed by atoms with van der Waals surface area (Å²) < 4.78 is 11.5. The number of hydrazone groups is 1. The molecule has 0 aliphatic carbocycles. The van der Waals surface area contributed by atoms with E-state index in [1.54, 1.807) is 37.3 Å². The first kappa shape index (κ1) is 27.1. The number of methoxy groups -OCH3 is 1. The molecule has 9 nitrogen and oxygen atoms in total. The summed E-state index contributed by atoms with van der Waals surface area (Å²) in [4.78, 5) is 35.9. The molecule has 11 heteroatoms. The Labute approximate surface area is 211 Å². The summed E-state index contributed by atoms with van der Waals surface area (Å²) in [6.07, 6.45) is 2.05. The van der Waals surface area contributed by atoms with Crippen LogP contribution < -0.4 is 25.5 Å². The molecule has 0 radical (unpaired) electrons. The molecule has 0 aromatic heterocycles. The van der Waals surface area contributed by atoms with Crippen molar-refractivity contribution in [1.82, 2.24) is 10.7 Å². The molecule has 3 amide bonds. The third-order valence-electron chi connectivity index (χ3n) is 4.65. The molecule has 3 N–H and O–H groups in total. The lowest BCUT2D eigenvalue weighted by atomic mass is 10.2. The van der Waals surface area contributed by atoms with Crippen molar-refractivity contribution in [2.45, 2.75) is 33.2 Å². The molecule has 0 saturated carbocycles. The molecule has 0 bridgehead atoms. The van der Waals surface area contributed by atoms with Crippen molar-refractivity contribution >= 4 is 57.2 Å². The standard InChI is InChI=1S/C23H26BrClN4O5/c1-5-14(3)27-22(31)23(32)29-26-11-15-8-17(24)21(19(9-15)33-4)34-12-20(30)28-18-10-16(25)7-6-13(18)2/h6-11,14H,5,12H2,1-4H3,(H,27,31)(H,28,30)(H,29,32)/b26-11-/t14-/m0/s1. The Morgan fingerprint density at radius 3 is 2.62 bits per heavy atom.